The molecule has 0 aromatic heterocycles. The molecule has 0 amide bonds. The number of rotatable bonds is 6. The van der Waals surface area contributed by atoms with E-state index in [2.05, 4.69) is 12.6 Å². The largest absolute Gasteiger partial charge is 0.435 e. The molecule has 0 saturated heterocycles. The van der Waals surface area contributed by atoms with Crippen LogP contribution < -0.4 is 0 Å². The lowest BCUT2D eigenvalue weighted by molar-refractivity contribution is -0.176. The quantitative estimate of drug-likeness (QED) is 0.394. The van der Waals surface area contributed by atoms with Crippen LogP contribution in [0.25, 0.3) is 0 Å². The van der Waals surface area contributed by atoms with Crippen LogP contribution in [0.1, 0.15) is 26.7 Å². The summed E-state index contributed by atoms with van der Waals surface area (Å²) in [7, 11) is 0. The van der Waals surface area contributed by atoms with Gasteiger partial charge in [-0.2, -0.15) is 12.6 Å². The first kappa shape index (κ1) is 11.8. The zero-order valence-electron chi connectivity index (χ0n) is 7.58. The van der Waals surface area contributed by atoms with Gasteiger partial charge in [-0.1, -0.05) is 13.3 Å². The van der Waals surface area contributed by atoms with E-state index in [-0.39, 0.29) is 18.0 Å². The van der Waals surface area contributed by atoms with Crippen LogP contribution in [0.2, 0.25) is 0 Å². The third-order valence-electron chi connectivity index (χ3n) is 1.27. The Kier molecular flexibility index (Phi) is 7.29. The molecule has 0 aromatic carbocycles. The normalized spacial score (nSPS) is 12.6. The molecule has 0 N–H and O–H groups in total. The Bertz CT molecular complexity index is 121. The van der Waals surface area contributed by atoms with Crippen LogP contribution in [0.15, 0.2) is 0 Å². The van der Waals surface area contributed by atoms with Gasteiger partial charge in [-0.25, -0.2) is 0 Å². The molecule has 1 atom stereocenters. The molecule has 0 aliphatic rings. The topological polar surface area (TPSA) is 35.5 Å². The number of hydrogen-bond acceptors (Lipinski definition) is 4. The number of carbonyl (C=O) groups excluding carboxylic acids is 1. The standard InChI is InChI=1S/C8H16O3S/c1-3-5-8(10-4-2)11-7(9)6-12/h8,12H,3-6H2,1-2H3. The maximum absolute atomic E-state index is 10.8. The minimum atomic E-state index is -0.389. The summed E-state index contributed by atoms with van der Waals surface area (Å²) in [5, 5.41) is 0. The van der Waals surface area contributed by atoms with E-state index in [1.54, 1.807) is 0 Å². The summed E-state index contributed by atoms with van der Waals surface area (Å²) in [5.41, 5.74) is 0. The zero-order chi connectivity index (χ0) is 9.40. The van der Waals surface area contributed by atoms with Crippen LogP contribution >= 0.6 is 12.6 Å². The summed E-state index contributed by atoms with van der Waals surface area (Å²) in [4.78, 5) is 10.8. The SMILES string of the molecule is CCCC(OCC)OC(=O)CS. The average Bonchev–Trinajstić information content (AvgIpc) is 2.05. The molecular formula is C8H16O3S. The second-order valence-electron chi connectivity index (χ2n) is 2.32. The Morgan fingerprint density at radius 2 is 2.17 bits per heavy atom. The predicted molar refractivity (Wildman–Crippen MR) is 50.3 cm³/mol. The van der Waals surface area contributed by atoms with Crippen molar-refractivity contribution in [3.05, 3.63) is 0 Å². The molecular weight excluding hydrogens is 176 g/mol. The van der Waals surface area contributed by atoms with Crippen molar-refractivity contribution in [2.24, 2.45) is 0 Å². The van der Waals surface area contributed by atoms with E-state index in [0.29, 0.717) is 6.61 Å². The Morgan fingerprint density at radius 3 is 2.58 bits per heavy atom. The van der Waals surface area contributed by atoms with Crippen LogP contribution in [0, 0.1) is 0 Å². The number of esters is 1. The van der Waals surface area contributed by atoms with Crippen LogP contribution in [0.3, 0.4) is 0 Å². The highest BCUT2D eigenvalue weighted by molar-refractivity contribution is 7.81. The third-order valence-corrected chi connectivity index (χ3v) is 1.53. The molecule has 0 aliphatic carbocycles. The zero-order valence-corrected chi connectivity index (χ0v) is 8.47. The molecule has 0 bridgehead atoms. The van der Waals surface area contributed by atoms with Gasteiger partial charge in [0, 0.05) is 13.0 Å². The summed E-state index contributed by atoms with van der Waals surface area (Å²) < 4.78 is 10.1. The molecule has 4 heteroatoms. The Hall–Kier alpha value is -0.220. The van der Waals surface area contributed by atoms with Gasteiger partial charge in [-0.3, -0.25) is 4.79 Å². The van der Waals surface area contributed by atoms with Crippen molar-refractivity contribution in [3.63, 3.8) is 0 Å². The van der Waals surface area contributed by atoms with E-state index in [1.165, 1.54) is 0 Å². The minimum absolute atomic E-state index is 0.104. The maximum atomic E-state index is 10.8. The molecule has 0 aliphatic heterocycles. The molecule has 0 aromatic rings. The fourth-order valence-corrected chi connectivity index (χ4v) is 0.856. The van der Waals surface area contributed by atoms with Crippen molar-refractivity contribution in [2.75, 3.05) is 12.4 Å². The molecule has 0 heterocycles. The first-order valence-corrected chi connectivity index (χ1v) is 4.79. The summed E-state index contributed by atoms with van der Waals surface area (Å²) in [5.74, 6) is -0.224. The van der Waals surface area contributed by atoms with Crippen molar-refractivity contribution in [1.29, 1.82) is 0 Å². The Labute approximate surface area is 78.8 Å². The smallest absolute Gasteiger partial charge is 0.317 e. The molecule has 0 rings (SSSR count). The maximum Gasteiger partial charge on any atom is 0.317 e. The summed E-state index contributed by atoms with van der Waals surface area (Å²) in [6.07, 6.45) is 1.29. The number of hydrogen-bond donors (Lipinski definition) is 1. The highest BCUT2D eigenvalue weighted by Crippen LogP contribution is 2.04. The van der Waals surface area contributed by atoms with Gasteiger partial charge in [0.15, 0.2) is 0 Å². The van der Waals surface area contributed by atoms with Gasteiger partial charge in [-0.15, -0.1) is 0 Å². The lowest BCUT2D eigenvalue weighted by atomic mass is 10.3. The highest BCUT2D eigenvalue weighted by atomic mass is 32.1. The Morgan fingerprint density at radius 1 is 1.50 bits per heavy atom. The van der Waals surface area contributed by atoms with E-state index < -0.39 is 0 Å². The molecule has 12 heavy (non-hydrogen) atoms. The molecule has 0 spiro atoms. The fraction of sp³-hybridized carbons (Fsp3) is 0.875. The second kappa shape index (κ2) is 7.43. The van der Waals surface area contributed by atoms with Crippen molar-refractivity contribution in [3.8, 4) is 0 Å². The van der Waals surface area contributed by atoms with Gasteiger partial charge < -0.3 is 9.47 Å². The summed E-state index contributed by atoms with van der Waals surface area (Å²) >= 11 is 3.80. The van der Waals surface area contributed by atoms with Crippen LogP contribution in [-0.4, -0.2) is 24.6 Å². The van der Waals surface area contributed by atoms with Gasteiger partial charge >= 0.3 is 5.97 Å². The highest BCUT2D eigenvalue weighted by Gasteiger charge is 2.11. The van der Waals surface area contributed by atoms with Gasteiger partial charge in [0.05, 0.1) is 5.75 Å². The number of carbonyl (C=O) groups is 1. The molecule has 1 unspecified atom stereocenters. The average molecular weight is 192 g/mol. The van der Waals surface area contributed by atoms with Crippen LogP contribution in [0.4, 0.5) is 0 Å². The van der Waals surface area contributed by atoms with Crippen LogP contribution in [-0.2, 0) is 14.3 Å². The van der Waals surface area contributed by atoms with E-state index in [4.69, 9.17) is 9.47 Å². The van der Waals surface area contributed by atoms with E-state index in [0.717, 1.165) is 12.8 Å². The lowest BCUT2D eigenvalue weighted by Crippen LogP contribution is -2.22. The van der Waals surface area contributed by atoms with Crippen molar-refractivity contribution in [1.82, 2.24) is 0 Å². The first-order valence-electron chi connectivity index (χ1n) is 4.16. The van der Waals surface area contributed by atoms with E-state index in [9.17, 15) is 4.79 Å². The molecule has 72 valence electrons. The van der Waals surface area contributed by atoms with E-state index >= 15 is 0 Å². The minimum Gasteiger partial charge on any atom is -0.435 e. The van der Waals surface area contributed by atoms with Crippen molar-refractivity contribution in [2.45, 2.75) is 33.0 Å². The van der Waals surface area contributed by atoms with Crippen molar-refractivity contribution >= 4 is 18.6 Å². The molecule has 0 fully saturated rings. The monoisotopic (exact) mass is 192 g/mol. The molecule has 0 saturated carbocycles. The van der Waals surface area contributed by atoms with Gasteiger partial charge in [0.25, 0.3) is 0 Å². The predicted octanol–water partition coefficient (Wildman–Crippen LogP) is 1.62. The van der Waals surface area contributed by atoms with Crippen molar-refractivity contribution < 1.29 is 14.3 Å². The van der Waals surface area contributed by atoms with Crippen LogP contribution in [0.5, 0.6) is 0 Å². The number of thiol groups is 1. The fourth-order valence-electron chi connectivity index (χ4n) is 0.782. The van der Waals surface area contributed by atoms with Gasteiger partial charge in [-0.05, 0) is 6.92 Å². The first-order chi connectivity index (χ1) is 5.74. The van der Waals surface area contributed by atoms with E-state index in [1.807, 2.05) is 13.8 Å². The van der Waals surface area contributed by atoms with Gasteiger partial charge in [0.1, 0.15) is 0 Å². The molecule has 3 nitrogen and oxygen atoms in total. The third kappa shape index (κ3) is 5.43. The summed E-state index contributed by atoms with van der Waals surface area (Å²) in [6.45, 7) is 4.45. The molecule has 0 radical (unpaired) electrons. The summed E-state index contributed by atoms with van der Waals surface area (Å²) in [6, 6.07) is 0. The lowest BCUT2D eigenvalue weighted by Gasteiger charge is -2.15. The van der Waals surface area contributed by atoms with Gasteiger partial charge in [0.2, 0.25) is 6.29 Å². The second-order valence-corrected chi connectivity index (χ2v) is 2.64. The Balaban J connectivity index is 3.68. The number of ether oxygens (including phenoxy) is 2.